The molecule has 0 bridgehead atoms. The lowest BCUT2D eigenvalue weighted by Crippen LogP contribution is -2.68. The normalized spacial score (nSPS) is 50.9. The lowest BCUT2D eigenvalue weighted by Gasteiger charge is -2.71. The van der Waals surface area contributed by atoms with Crippen LogP contribution < -0.4 is 5.32 Å². The third kappa shape index (κ3) is 8.49. The highest BCUT2D eigenvalue weighted by Gasteiger charge is 2.70. The number of hydrogen-bond donors (Lipinski definition) is 9. The van der Waals surface area contributed by atoms with E-state index in [2.05, 4.69) is 59.9 Å². The number of rotatable bonds is 10. The molecule has 9 rings (SSSR count). The zero-order chi connectivity index (χ0) is 50.7. The molecule has 1 aromatic heterocycles. The van der Waals surface area contributed by atoms with Crippen LogP contribution in [0.5, 0.6) is 0 Å². The van der Waals surface area contributed by atoms with Crippen LogP contribution in [-0.2, 0) is 39.8 Å². The first kappa shape index (κ1) is 52.8. The highest BCUT2D eigenvalue weighted by Crippen LogP contribution is 2.76. The molecule has 1 aromatic rings. The summed E-state index contributed by atoms with van der Waals surface area (Å²) in [6.07, 6.45) is -9.19. The van der Waals surface area contributed by atoms with Crippen molar-refractivity contribution in [2.24, 2.45) is 50.2 Å². The monoisotopic (exact) mass is 990 g/mol. The van der Waals surface area contributed by atoms with Crippen molar-refractivity contribution in [2.75, 3.05) is 6.61 Å². The van der Waals surface area contributed by atoms with Gasteiger partial charge in [0.15, 0.2) is 18.9 Å². The van der Waals surface area contributed by atoms with Crippen LogP contribution in [0.1, 0.15) is 132 Å². The van der Waals surface area contributed by atoms with Crippen molar-refractivity contribution in [3.05, 3.63) is 35.8 Å². The summed E-state index contributed by atoms with van der Waals surface area (Å²) in [6.45, 7) is 19.4. The molecule has 0 aromatic carbocycles. The van der Waals surface area contributed by atoms with Crippen LogP contribution in [0.25, 0.3) is 0 Å². The van der Waals surface area contributed by atoms with E-state index < -0.39 is 116 Å². The molecular weight excluding hydrogens is 907 g/mol. The zero-order valence-electron chi connectivity index (χ0n) is 42.6. The average molecular weight is 990 g/mol. The van der Waals surface area contributed by atoms with Crippen molar-refractivity contribution in [1.82, 2.24) is 5.32 Å². The minimum atomic E-state index is -1.74. The molecule has 0 radical (unpaired) electrons. The van der Waals surface area contributed by atoms with E-state index in [9.17, 15) is 45.6 Å². The Labute approximate surface area is 412 Å². The molecule has 7 fully saturated rings. The van der Waals surface area contributed by atoms with Gasteiger partial charge >= 0.3 is 0 Å². The second kappa shape index (κ2) is 18.9. The minimum Gasteiger partial charge on any atom is -0.467 e. The molecule has 9 N–H and O–H groups in total. The van der Waals surface area contributed by atoms with E-state index in [1.54, 1.807) is 6.26 Å². The van der Waals surface area contributed by atoms with Crippen LogP contribution >= 0.6 is 0 Å². The van der Waals surface area contributed by atoms with Gasteiger partial charge in [-0.25, -0.2) is 0 Å². The Bertz CT molecular complexity index is 2050. The van der Waals surface area contributed by atoms with Gasteiger partial charge in [-0.05, 0) is 135 Å². The maximum absolute atomic E-state index is 14.5. The molecule has 3 aliphatic heterocycles. The van der Waals surface area contributed by atoms with E-state index in [4.69, 9.17) is 32.8 Å². The number of carbonyl (C=O) groups is 1. The lowest BCUT2D eigenvalue weighted by atomic mass is 9.33. The third-order valence-electron chi connectivity index (χ3n) is 20.3. The Morgan fingerprint density at radius 3 is 1.94 bits per heavy atom. The highest BCUT2D eigenvalue weighted by atomic mass is 16.8. The Morgan fingerprint density at radius 2 is 1.33 bits per heavy atom. The van der Waals surface area contributed by atoms with E-state index in [1.807, 2.05) is 12.1 Å². The fourth-order valence-corrected chi connectivity index (χ4v) is 15.8. The number of amides is 1. The molecule has 4 saturated carbocycles. The molecule has 1 amide bonds. The first-order chi connectivity index (χ1) is 32.8. The molecule has 17 heteroatoms. The predicted molar refractivity (Wildman–Crippen MR) is 251 cm³/mol. The minimum absolute atomic E-state index is 0.0406. The summed E-state index contributed by atoms with van der Waals surface area (Å²) in [5.74, 6) is 1.58. The van der Waals surface area contributed by atoms with E-state index in [-0.39, 0.29) is 39.4 Å². The Kier molecular flexibility index (Phi) is 14.3. The van der Waals surface area contributed by atoms with Gasteiger partial charge in [0, 0.05) is 0 Å². The van der Waals surface area contributed by atoms with Crippen molar-refractivity contribution >= 4 is 5.91 Å². The first-order valence-electron chi connectivity index (χ1n) is 26.1. The summed E-state index contributed by atoms with van der Waals surface area (Å²) in [5.41, 5.74) is 0.415. The van der Waals surface area contributed by atoms with Crippen LogP contribution in [-0.4, -0.2) is 152 Å². The van der Waals surface area contributed by atoms with Gasteiger partial charge < -0.3 is 79.0 Å². The SMILES string of the molecule is C[C@@H]1O[C@@H](O[C@H]2[C@H](O[C@H]3CC[C@]4(C)[C@H]5CC=C6[C@@H]7CC(C)(C)CC[C@]7(C(=O)NCc7ccco7)CC[C@@]6(C)[C@]5(C)CC[C@H]4C3(C)C)O[C@H](CO)[C@@H](O[C@@H]3O[C@@H](C)[C@H](O)[C@@H](O)[C@H]3O)[C@@H]2O)[C@H](O)[C@H](O)[C@H]1O. The molecule has 4 heterocycles. The summed E-state index contributed by atoms with van der Waals surface area (Å²) in [5, 5.41) is 90.4. The predicted octanol–water partition coefficient (Wildman–Crippen LogP) is 3.59. The number of hydrogen-bond acceptors (Lipinski definition) is 16. The second-order valence-electron chi connectivity index (χ2n) is 24.9. The molecule has 5 aliphatic carbocycles. The van der Waals surface area contributed by atoms with Crippen molar-refractivity contribution < 1.29 is 78.5 Å². The molecule has 23 atom stereocenters. The molecule has 3 saturated heterocycles. The number of aliphatic hydroxyl groups is 8. The van der Waals surface area contributed by atoms with Gasteiger partial charge in [-0.3, -0.25) is 4.79 Å². The number of allylic oxidation sites excluding steroid dienone is 2. The number of aliphatic hydroxyl groups excluding tert-OH is 8. The Hall–Kier alpha value is -2.07. The maximum atomic E-state index is 14.5. The number of nitrogens with one attached hydrogen (secondary N) is 1. The maximum Gasteiger partial charge on any atom is 0.227 e. The van der Waals surface area contributed by atoms with Gasteiger partial charge in [-0.1, -0.05) is 60.1 Å². The highest BCUT2D eigenvalue weighted by molar-refractivity contribution is 5.84. The standard InChI is InChI=1S/C53H83NO16/c1-26-35(56)37(58)39(60)44(65-26)69-42-31(25-55)67-46(43(41(42)62)70-45-40(61)38(59)36(57)27(2)66-45)68-34-15-16-50(7)32(49(34,5)6)14-17-52(9)33(50)13-12-29-30-23-48(3,4)18-20-53(30,21-19-51(29,52)8)47(63)54-24-28-11-10-22-64-28/h10-12,22,26-27,30-46,55-62H,13-21,23-25H2,1-9H3,(H,54,63)/t26-,27-,30-,31+,32-,33+,34-,35-,36-,37+,38+,39+,40+,41-,42+,43+,44-,45-,46-,50-,51+,52+,53-/m0/s1. The van der Waals surface area contributed by atoms with Gasteiger partial charge in [0.25, 0.3) is 0 Å². The average Bonchev–Trinajstić information content (AvgIpc) is 3.84. The van der Waals surface area contributed by atoms with Crippen LogP contribution in [0.15, 0.2) is 34.5 Å². The zero-order valence-corrected chi connectivity index (χ0v) is 42.6. The van der Waals surface area contributed by atoms with Gasteiger partial charge in [0.05, 0.1) is 43.1 Å². The fraction of sp³-hybridized carbons (Fsp3) is 0.868. The molecule has 8 aliphatic rings. The number of furan rings is 1. The van der Waals surface area contributed by atoms with Crippen LogP contribution in [0.2, 0.25) is 0 Å². The summed E-state index contributed by atoms with van der Waals surface area (Å²) < 4.78 is 43.0. The van der Waals surface area contributed by atoms with Crippen molar-refractivity contribution in [3.63, 3.8) is 0 Å². The number of carbonyl (C=O) groups excluding carboxylic acids is 1. The summed E-state index contributed by atoms with van der Waals surface area (Å²) in [7, 11) is 0. The Balaban J connectivity index is 0.974. The third-order valence-corrected chi connectivity index (χ3v) is 20.3. The van der Waals surface area contributed by atoms with Crippen molar-refractivity contribution in [3.8, 4) is 0 Å². The van der Waals surface area contributed by atoms with Crippen molar-refractivity contribution in [1.29, 1.82) is 0 Å². The summed E-state index contributed by atoms with van der Waals surface area (Å²) in [6, 6.07) is 3.76. The second-order valence-corrected chi connectivity index (χ2v) is 24.9. The van der Waals surface area contributed by atoms with E-state index >= 15 is 0 Å². The van der Waals surface area contributed by atoms with Gasteiger partial charge in [-0.15, -0.1) is 0 Å². The van der Waals surface area contributed by atoms with E-state index in [1.165, 1.54) is 19.4 Å². The first-order valence-corrected chi connectivity index (χ1v) is 26.1. The van der Waals surface area contributed by atoms with E-state index in [0.29, 0.717) is 18.9 Å². The van der Waals surface area contributed by atoms with Gasteiger partial charge in [0.1, 0.15) is 66.8 Å². The number of ether oxygens (including phenoxy) is 6. The van der Waals surface area contributed by atoms with Crippen LogP contribution in [0.4, 0.5) is 0 Å². The smallest absolute Gasteiger partial charge is 0.227 e. The van der Waals surface area contributed by atoms with Crippen LogP contribution in [0.3, 0.4) is 0 Å². The number of fused-ring (bicyclic) bond motifs is 7. The van der Waals surface area contributed by atoms with Crippen molar-refractivity contribution in [2.45, 2.75) is 231 Å². The summed E-state index contributed by atoms with van der Waals surface area (Å²) >= 11 is 0. The topological polar surface area (TPSA) is 259 Å². The van der Waals surface area contributed by atoms with Gasteiger partial charge in [-0.2, -0.15) is 0 Å². The van der Waals surface area contributed by atoms with E-state index in [0.717, 1.165) is 63.5 Å². The molecular formula is C53H83NO16. The quantitative estimate of drug-likeness (QED) is 0.120. The molecule has 0 unspecified atom stereocenters. The largest absolute Gasteiger partial charge is 0.467 e. The Morgan fingerprint density at radius 1 is 0.700 bits per heavy atom. The van der Waals surface area contributed by atoms with Gasteiger partial charge in [0.2, 0.25) is 5.91 Å². The fourth-order valence-electron chi connectivity index (χ4n) is 15.8. The molecule has 396 valence electrons. The lowest BCUT2D eigenvalue weighted by molar-refractivity contribution is -0.393. The summed E-state index contributed by atoms with van der Waals surface area (Å²) in [4.78, 5) is 14.5. The molecule has 17 nitrogen and oxygen atoms in total. The molecule has 70 heavy (non-hydrogen) atoms. The molecule has 0 spiro atoms. The van der Waals surface area contributed by atoms with Crippen LogP contribution in [0, 0.1) is 50.2 Å².